The van der Waals surface area contributed by atoms with Gasteiger partial charge in [0.1, 0.15) is 0 Å². The van der Waals surface area contributed by atoms with Crippen molar-refractivity contribution in [1.29, 1.82) is 0 Å². The van der Waals surface area contributed by atoms with Crippen LogP contribution in [0.15, 0.2) is 18.2 Å². The maximum absolute atomic E-state index is 5.00. The molecule has 0 bridgehead atoms. The number of rotatable bonds is 2. The molecule has 0 saturated heterocycles. The first-order valence-electron chi connectivity index (χ1n) is 3.62. The molecule has 1 aromatic rings. The average molecular weight is 188 g/mol. The predicted molar refractivity (Wildman–Crippen MR) is 52.1 cm³/mol. The molecule has 0 aliphatic heterocycles. The zero-order valence-corrected chi connectivity index (χ0v) is 8.15. The molecule has 1 aromatic carbocycles. The van der Waals surface area contributed by atoms with Crippen LogP contribution in [0.3, 0.4) is 0 Å². The molecule has 68 valence electrons. The van der Waals surface area contributed by atoms with E-state index in [0.717, 1.165) is 0 Å². The Morgan fingerprint density at radius 1 is 1.25 bits per heavy atom. The van der Waals surface area contributed by atoms with Crippen molar-refractivity contribution in [3.8, 4) is 0 Å². The summed E-state index contributed by atoms with van der Waals surface area (Å²) in [4.78, 5) is 4.59. The molecule has 0 unspecified atom stereocenters. The lowest BCUT2D eigenvalue weighted by atomic mass is 10.0. The smallest absolute Gasteiger partial charge is 0.0935 e. The highest BCUT2D eigenvalue weighted by Gasteiger charge is 1.99. The van der Waals surface area contributed by atoms with Gasteiger partial charge in [-0.25, -0.2) is 5.90 Å². The second-order valence-electron chi connectivity index (χ2n) is 2.68. The molecular formula is C9H14ClNO. The summed E-state index contributed by atoms with van der Waals surface area (Å²) in [7, 11) is 0. The Morgan fingerprint density at radius 2 is 1.75 bits per heavy atom. The van der Waals surface area contributed by atoms with Crippen LogP contribution in [0.4, 0.5) is 0 Å². The van der Waals surface area contributed by atoms with E-state index in [-0.39, 0.29) is 12.4 Å². The fraction of sp³-hybridized carbons (Fsp3) is 0.333. The van der Waals surface area contributed by atoms with Gasteiger partial charge in [0.2, 0.25) is 0 Å². The van der Waals surface area contributed by atoms with E-state index in [1.807, 2.05) is 6.07 Å². The van der Waals surface area contributed by atoms with Gasteiger partial charge in [-0.05, 0) is 30.5 Å². The predicted octanol–water partition coefficient (Wildman–Crippen LogP) is 2.12. The van der Waals surface area contributed by atoms with Crippen molar-refractivity contribution in [2.45, 2.75) is 20.5 Å². The fourth-order valence-electron chi connectivity index (χ4n) is 1.16. The van der Waals surface area contributed by atoms with Gasteiger partial charge in [-0.3, -0.25) is 4.84 Å². The minimum atomic E-state index is 0. The average Bonchev–Trinajstić information content (AvgIpc) is 1.97. The Morgan fingerprint density at radius 3 is 2.17 bits per heavy atom. The Hall–Kier alpha value is -0.570. The third-order valence-electron chi connectivity index (χ3n) is 1.87. The molecule has 0 aliphatic rings. The van der Waals surface area contributed by atoms with Crippen LogP contribution in [0.25, 0.3) is 0 Å². The van der Waals surface area contributed by atoms with Crippen molar-refractivity contribution in [2.24, 2.45) is 5.90 Å². The standard InChI is InChI=1S/C9H13NO.ClH/c1-7-4-3-5-8(2)9(7)6-11-10;/h3-5H,6,10H2,1-2H3;1H. The van der Waals surface area contributed by atoms with Gasteiger partial charge < -0.3 is 0 Å². The molecule has 1 rings (SSSR count). The summed E-state index contributed by atoms with van der Waals surface area (Å²) in [6.45, 7) is 4.61. The highest BCUT2D eigenvalue weighted by Crippen LogP contribution is 2.13. The number of hydrogen-bond acceptors (Lipinski definition) is 2. The first-order valence-corrected chi connectivity index (χ1v) is 3.62. The van der Waals surface area contributed by atoms with E-state index in [2.05, 4.69) is 30.8 Å². The first-order chi connectivity index (χ1) is 5.25. The molecule has 0 fully saturated rings. The zero-order valence-electron chi connectivity index (χ0n) is 7.33. The van der Waals surface area contributed by atoms with Crippen molar-refractivity contribution in [2.75, 3.05) is 0 Å². The van der Waals surface area contributed by atoms with E-state index in [0.29, 0.717) is 6.61 Å². The van der Waals surface area contributed by atoms with Crippen LogP contribution in [0, 0.1) is 13.8 Å². The number of hydrogen-bond donors (Lipinski definition) is 1. The molecular weight excluding hydrogens is 174 g/mol. The van der Waals surface area contributed by atoms with Gasteiger partial charge in [-0.2, -0.15) is 0 Å². The highest BCUT2D eigenvalue weighted by molar-refractivity contribution is 5.85. The summed E-state index contributed by atoms with van der Waals surface area (Å²) >= 11 is 0. The minimum Gasteiger partial charge on any atom is -0.300 e. The van der Waals surface area contributed by atoms with Crippen molar-refractivity contribution in [3.63, 3.8) is 0 Å². The summed E-state index contributed by atoms with van der Waals surface area (Å²) in [6, 6.07) is 6.15. The van der Waals surface area contributed by atoms with Gasteiger partial charge in [0.25, 0.3) is 0 Å². The quantitative estimate of drug-likeness (QED) is 0.720. The minimum absolute atomic E-state index is 0. The number of nitrogens with two attached hydrogens (primary N) is 1. The van der Waals surface area contributed by atoms with Crippen LogP contribution in [-0.4, -0.2) is 0 Å². The molecule has 2 N–H and O–H groups in total. The molecule has 0 atom stereocenters. The maximum Gasteiger partial charge on any atom is 0.0935 e. The summed E-state index contributed by atoms with van der Waals surface area (Å²) in [6.07, 6.45) is 0. The molecule has 0 radical (unpaired) electrons. The van der Waals surface area contributed by atoms with Gasteiger partial charge in [0, 0.05) is 0 Å². The van der Waals surface area contributed by atoms with Crippen molar-refractivity contribution < 1.29 is 4.84 Å². The third-order valence-corrected chi connectivity index (χ3v) is 1.87. The van der Waals surface area contributed by atoms with Crippen LogP contribution in [-0.2, 0) is 11.4 Å². The molecule has 0 heterocycles. The summed E-state index contributed by atoms with van der Waals surface area (Å²) in [5.74, 6) is 5.00. The molecule has 12 heavy (non-hydrogen) atoms. The first kappa shape index (κ1) is 11.4. The fourth-order valence-corrected chi connectivity index (χ4v) is 1.16. The Bertz CT molecular complexity index is 230. The van der Waals surface area contributed by atoms with Crippen molar-refractivity contribution in [3.05, 3.63) is 34.9 Å². The lowest BCUT2D eigenvalue weighted by Gasteiger charge is -2.06. The molecule has 0 aliphatic carbocycles. The lowest BCUT2D eigenvalue weighted by molar-refractivity contribution is 0.123. The highest BCUT2D eigenvalue weighted by atomic mass is 35.5. The van der Waals surface area contributed by atoms with Gasteiger partial charge in [0.15, 0.2) is 0 Å². The van der Waals surface area contributed by atoms with Crippen LogP contribution in [0.2, 0.25) is 0 Å². The molecule has 0 aromatic heterocycles. The third kappa shape index (κ3) is 2.48. The van der Waals surface area contributed by atoms with Gasteiger partial charge in [-0.1, -0.05) is 18.2 Å². The summed E-state index contributed by atoms with van der Waals surface area (Å²) in [5.41, 5.74) is 3.65. The van der Waals surface area contributed by atoms with E-state index in [1.54, 1.807) is 0 Å². The van der Waals surface area contributed by atoms with E-state index >= 15 is 0 Å². The van der Waals surface area contributed by atoms with Crippen LogP contribution < -0.4 is 5.90 Å². The molecule has 0 spiro atoms. The number of halogens is 1. The SMILES string of the molecule is Cc1cccc(C)c1CON.Cl. The monoisotopic (exact) mass is 187 g/mol. The van der Waals surface area contributed by atoms with Crippen LogP contribution in [0.1, 0.15) is 16.7 Å². The molecule has 2 nitrogen and oxygen atoms in total. The van der Waals surface area contributed by atoms with Crippen molar-refractivity contribution >= 4 is 12.4 Å². The van der Waals surface area contributed by atoms with Gasteiger partial charge in [0.05, 0.1) is 6.61 Å². The van der Waals surface area contributed by atoms with E-state index < -0.39 is 0 Å². The number of benzene rings is 1. The Kier molecular flexibility index (Phi) is 4.90. The lowest BCUT2D eigenvalue weighted by Crippen LogP contribution is -2.02. The van der Waals surface area contributed by atoms with E-state index in [9.17, 15) is 0 Å². The van der Waals surface area contributed by atoms with Crippen LogP contribution >= 0.6 is 12.4 Å². The second-order valence-corrected chi connectivity index (χ2v) is 2.68. The van der Waals surface area contributed by atoms with E-state index in [4.69, 9.17) is 5.90 Å². The summed E-state index contributed by atoms with van der Waals surface area (Å²) < 4.78 is 0. The largest absolute Gasteiger partial charge is 0.300 e. The van der Waals surface area contributed by atoms with Crippen molar-refractivity contribution in [1.82, 2.24) is 0 Å². The van der Waals surface area contributed by atoms with Crippen LogP contribution in [0.5, 0.6) is 0 Å². The number of aryl methyl sites for hydroxylation is 2. The second kappa shape index (κ2) is 5.14. The topological polar surface area (TPSA) is 35.2 Å². The molecule has 0 saturated carbocycles. The molecule has 3 heteroatoms. The Labute approximate surface area is 79.1 Å². The Balaban J connectivity index is 0.00000121. The zero-order chi connectivity index (χ0) is 8.27. The molecule has 0 amide bonds. The summed E-state index contributed by atoms with van der Waals surface area (Å²) in [5, 5.41) is 0. The van der Waals surface area contributed by atoms with Gasteiger partial charge >= 0.3 is 0 Å². The van der Waals surface area contributed by atoms with E-state index in [1.165, 1.54) is 16.7 Å². The van der Waals surface area contributed by atoms with Gasteiger partial charge in [-0.15, -0.1) is 12.4 Å². The maximum atomic E-state index is 5.00. The normalized spacial score (nSPS) is 9.25.